The zero-order valence-electron chi connectivity index (χ0n) is 17.2. The number of hydrogen-bond acceptors (Lipinski definition) is 5. The molecule has 158 valence electrons. The van der Waals surface area contributed by atoms with Crippen molar-refractivity contribution in [1.82, 2.24) is 5.32 Å². The highest BCUT2D eigenvalue weighted by Gasteiger charge is 2.06. The number of benzene rings is 2. The number of carbonyl (C=O) groups is 2. The van der Waals surface area contributed by atoms with Crippen LogP contribution in [-0.2, 0) is 9.59 Å². The third kappa shape index (κ3) is 7.21. The molecule has 7 nitrogen and oxygen atoms in total. The number of carbonyl (C=O) groups excluding carboxylic acids is 2. The van der Waals surface area contributed by atoms with Crippen LogP contribution >= 0.6 is 12.2 Å². The van der Waals surface area contributed by atoms with E-state index in [0.29, 0.717) is 29.3 Å². The Bertz CT molecular complexity index is 944. The van der Waals surface area contributed by atoms with Crippen LogP contribution < -0.4 is 25.4 Å². The van der Waals surface area contributed by atoms with E-state index < -0.39 is 0 Å². The fourth-order valence-electron chi connectivity index (χ4n) is 2.57. The minimum absolute atomic E-state index is 0.0502. The summed E-state index contributed by atoms with van der Waals surface area (Å²) in [7, 11) is 3.11. The number of thiocarbonyl (C=S) groups is 1. The molecule has 2 rings (SSSR count). The summed E-state index contributed by atoms with van der Waals surface area (Å²) in [5.74, 6) is 0.751. The average Bonchev–Trinajstić information content (AvgIpc) is 2.72. The molecule has 0 aliphatic rings. The topological polar surface area (TPSA) is 88.7 Å². The van der Waals surface area contributed by atoms with Crippen LogP contribution in [0.15, 0.2) is 48.5 Å². The molecular formula is C22H25N3O4S. The van der Waals surface area contributed by atoms with Gasteiger partial charge in [0.05, 0.1) is 14.2 Å². The van der Waals surface area contributed by atoms with Gasteiger partial charge in [-0.2, -0.15) is 0 Å². The van der Waals surface area contributed by atoms with Gasteiger partial charge >= 0.3 is 0 Å². The number of ether oxygens (including phenoxy) is 2. The molecule has 0 spiro atoms. The van der Waals surface area contributed by atoms with E-state index in [2.05, 4.69) is 16.0 Å². The molecule has 0 aliphatic heterocycles. The van der Waals surface area contributed by atoms with Crippen LogP contribution in [0, 0.1) is 0 Å². The highest BCUT2D eigenvalue weighted by Crippen LogP contribution is 2.27. The molecule has 3 N–H and O–H groups in total. The van der Waals surface area contributed by atoms with E-state index in [0.717, 1.165) is 12.0 Å². The average molecular weight is 428 g/mol. The first-order valence-corrected chi connectivity index (χ1v) is 9.78. The minimum atomic E-state index is -0.380. The molecule has 0 aromatic heterocycles. The Morgan fingerprint density at radius 1 is 1.00 bits per heavy atom. The lowest BCUT2D eigenvalue weighted by Gasteiger charge is -2.10. The number of hydrogen-bond donors (Lipinski definition) is 3. The molecule has 0 radical (unpaired) electrons. The molecule has 0 bridgehead atoms. The van der Waals surface area contributed by atoms with Crippen molar-refractivity contribution in [2.45, 2.75) is 19.8 Å². The van der Waals surface area contributed by atoms with Crippen molar-refractivity contribution in [2.24, 2.45) is 0 Å². The minimum Gasteiger partial charge on any atom is -0.493 e. The largest absolute Gasteiger partial charge is 0.493 e. The van der Waals surface area contributed by atoms with E-state index >= 15 is 0 Å². The first-order chi connectivity index (χ1) is 14.4. The summed E-state index contributed by atoms with van der Waals surface area (Å²) in [5.41, 5.74) is 2.08. The molecule has 2 aromatic rings. The maximum absolute atomic E-state index is 12.1. The van der Waals surface area contributed by atoms with E-state index in [1.54, 1.807) is 62.8 Å². The van der Waals surface area contributed by atoms with Crippen LogP contribution in [0.4, 0.5) is 11.4 Å². The molecule has 0 aliphatic carbocycles. The molecule has 0 fully saturated rings. The predicted molar refractivity (Wildman–Crippen MR) is 123 cm³/mol. The van der Waals surface area contributed by atoms with Crippen LogP contribution in [0.25, 0.3) is 6.08 Å². The molecule has 2 amide bonds. The van der Waals surface area contributed by atoms with Gasteiger partial charge in [0.25, 0.3) is 0 Å². The van der Waals surface area contributed by atoms with E-state index in [9.17, 15) is 9.59 Å². The van der Waals surface area contributed by atoms with Gasteiger partial charge in [0.1, 0.15) is 0 Å². The quantitative estimate of drug-likeness (QED) is 0.436. The van der Waals surface area contributed by atoms with Crippen LogP contribution in [0.1, 0.15) is 25.3 Å². The van der Waals surface area contributed by atoms with Gasteiger partial charge in [0.2, 0.25) is 11.8 Å². The second-order valence-corrected chi connectivity index (χ2v) is 6.68. The molecule has 2 aromatic carbocycles. The third-order valence-electron chi connectivity index (χ3n) is 3.95. The van der Waals surface area contributed by atoms with Crippen molar-refractivity contribution in [3.63, 3.8) is 0 Å². The number of anilines is 2. The summed E-state index contributed by atoms with van der Waals surface area (Å²) >= 11 is 5.19. The zero-order chi connectivity index (χ0) is 21.9. The number of methoxy groups -OCH3 is 2. The Balaban J connectivity index is 1.92. The lowest BCUT2D eigenvalue weighted by atomic mass is 10.2. The predicted octanol–water partition coefficient (Wildman–Crippen LogP) is 3.97. The monoisotopic (exact) mass is 427 g/mol. The van der Waals surface area contributed by atoms with Crippen molar-refractivity contribution in [3.05, 3.63) is 54.1 Å². The Kier molecular flexibility index (Phi) is 8.83. The molecular weight excluding hydrogens is 402 g/mol. The van der Waals surface area contributed by atoms with Gasteiger partial charge < -0.3 is 20.1 Å². The van der Waals surface area contributed by atoms with E-state index in [1.807, 2.05) is 6.92 Å². The number of rotatable bonds is 8. The first-order valence-electron chi connectivity index (χ1n) is 9.37. The molecule has 30 heavy (non-hydrogen) atoms. The molecule has 0 atom stereocenters. The SMILES string of the molecule is CCCC(=O)Nc1cccc(NC(=S)NC(=O)/C=C/c2ccc(OC)c(OC)c2)c1. The van der Waals surface area contributed by atoms with Gasteiger partial charge in [-0.05, 0) is 60.6 Å². The van der Waals surface area contributed by atoms with E-state index in [1.165, 1.54) is 6.08 Å². The van der Waals surface area contributed by atoms with Crippen LogP contribution in [-0.4, -0.2) is 31.1 Å². The lowest BCUT2D eigenvalue weighted by Crippen LogP contribution is -2.32. The van der Waals surface area contributed by atoms with Crippen molar-refractivity contribution >= 4 is 46.6 Å². The summed E-state index contributed by atoms with van der Waals surface area (Å²) in [5, 5.41) is 8.47. The van der Waals surface area contributed by atoms with Crippen LogP contribution in [0.2, 0.25) is 0 Å². The molecule has 0 heterocycles. The normalized spacial score (nSPS) is 10.4. The van der Waals surface area contributed by atoms with Crippen LogP contribution in [0.3, 0.4) is 0 Å². The van der Waals surface area contributed by atoms with E-state index in [-0.39, 0.29) is 16.9 Å². The van der Waals surface area contributed by atoms with Crippen molar-refractivity contribution in [3.8, 4) is 11.5 Å². The van der Waals surface area contributed by atoms with Gasteiger partial charge in [0.15, 0.2) is 16.6 Å². The van der Waals surface area contributed by atoms with Gasteiger partial charge in [-0.15, -0.1) is 0 Å². The fourth-order valence-corrected chi connectivity index (χ4v) is 2.79. The summed E-state index contributed by atoms with van der Waals surface area (Å²) in [6.07, 6.45) is 4.25. The Morgan fingerprint density at radius 3 is 2.37 bits per heavy atom. The maximum atomic E-state index is 12.1. The van der Waals surface area contributed by atoms with Crippen molar-refractivity contribution in [2.75, 3.05) is 24.9 Å². The Morgan fingerprint density at radius 2 is 1.70 bits per heavy atom. The highest BCUT2D eigenvalue weighted by molar-refractivity contribution is 7.80. The molecule has 0 saturated carbocycles. The summed E-state index contributed by atoms with van der Waals surface area (Å²) in [6, 6.07) is 12.4. The van der Waals surface area contributed by atoms with Crippen LogP contribution in [0.5, 0.6) is 11.5 Å². The fraction of sp³-hybridized carbons (Fsp3) is 0.227. The van der Waals surface area contributed by atoms with Gasteiger partial charge in [-0.3, -0.25) is 14.9 Å². The van der Waals surface area contributed by atoms with Gasteiger partial charge in [0, 0.05) is 23.9 Å². The highest BCUT2D eigenvalue weighted by atomic mass is 32.1. The standard InChI is InChI=1S/C22H25N3O4S/c1-4-6-20(26)23-16-7-5-8-17(14-16)24-22(30)25-21(27)12-10-15-9-11-18(28-2)19(13-15)29-3/h5,7-14H,4,6H2,1-3H3,(H,23,26)(H2,24,25,27,30)/b12-10+. The van der Waals surface area contributed by atoms with Gasteiger partial charge in [-0.1, -0.05) is 19.1 Å². The number of amides is 2. The third-order valence-corrected chi connectivity index (χ3v) is 4.16. The Labute approximate surface area is 181 Å². The summed E-state index contributed by atoms with van der Waals surface area (Å²) in [4.78, 5) is 23.9. The van der Waals surface area contributed by atoms with Crippen molar-refractivity contribution in [1.29, 1.82) is 0 Å². The summed E-state index contributed by atoms with van der Waals surface area (Å²) in [6.45, 7) is 1.94. The van der Waals surface area contributed by atoms with Crippen molar-refractivity contribution < 1.29 is 19.1 Å². The summed E-state index contributed by atoms with van der Waals surface area (Å²) < 4.78 is 10.4. The number of nitrogens with one attached hydrogen (secondary N) is 3. The van der Waals surface area contributed by atoms with Gasteiger partial charge in [-0.25, -0.2) is 0 Å². The lowest BCUT2D eigenvalue weighted by molar-refractivity contribution is -0.116. The molecule has 0 unspecified atom stereocenters. The molecule has 8 heteroatoms. The second-order valence-electron chi connectivity index (χ2n) is 6.27. The zero-order valence-corrected chi connectivity index (χ0v) is 18.0. The smallest absolute Gasteiger partial charge is 0.250 e. The second kappa shape index (κ2) is 11.6. The maximum Gasteiger partial charge on any atom is 0.250 e. The molecule has 0 saturated heterocycles. The first kappa shape index (κ1) is 22.9. The Hall–Kier alpha value is -3.39. The van der Waals surface area contributed by atoms with E-state index in [4.69, 9.17) is 21.7 Å².